The minimum absolute atomic E-state index is 0.305. The summed E-state index contributed by atoms with van der Waals surface area (Å²) in [7, 11) is 0. The quantitative estimate of drug-likeness (QED) is 0.627. The first-order valence-corrected chi connectivity index (χ1v) is 6.77. The Kier molecular flexibility index (Phi) is 4.54. The maximum Gasteiger partial charge on any atom is 0.326 e. The Morgan fingerprint density at radius 3 is 2.73 bits per heavy atom. The lowest BCUT2D eigenvalue weighted by molar-refractivity contribution is -0.385. The second-order valence-electron chi connectivity index (χ2n) is 5.05. The van der Waals surface area contributed by atoms with Gasteiger partial charge in [-0.1, -0.05) is 0 Å². The first-order valence-electron chi connectivity index (χ1n) is 6.77. The van der Waals surface area contributed by atoms with Crippen molar-refractivity contribution < 1.29 is 19.6 Å². The van der Waals surface area contributed by atoms with Gasteiger partial charge < -0.3 is 10.0 Å². The van der Waals surface area contributed by atoms with Crippen LogP contribution in [0.5, 0.6) is 0 Å². The van der Waals surface area contributed by atoms with E-state index in [0.717, 1.165) is 29.3 Å². The molecule has 9 heteroatoms. The van der Waals surface area contributed by atoms with E-state index >= 15 is 0 Å². The molecule has 1 amide bonds. The molecule has 1 N–H and O–H groups in total. The molecule has 0 unspecified atom stereocenters. The molecule has 0 saturated carbocycles. The van der Waals surface area contributed by atoms with E-state index in [1.807, 2.05) is 0 Å². The molecule has 0 aromatic carbocycles. The van der Waals surface area contributed by atoms with Crippen molar-refractivity contribution in [2.75, 3.05) is 6.54 Å². The average Bonchev–Trinajstić information content (AvgIpc) is 2.49. The summed E-state index contributed by atoms with van der Waals surface area (Å²) >= 11 is 0. The molecular formula is C13H15N3O6. The number of carbonyl (C=O) groups is 2. The number of nitrogens with zero attached hydrogens (tertiary/aromatic N) is 3. The van der Waals surface area contributed by atoms with Crippen molar-refractivity contribution in [1.29, 1.82) is 0 Å². The number of aromatic nitrogens is 1. The fourth-order valence-corrected chi connectivity index (χ4v) is 2.47. The summed E-state index contributed by atoms with van der Waals surface area (Å²) in [4.78, 5) is 46.4. The van der Waals surface area contributed by atoms with Gasteiger partial charge in [-0.3, -0.25) is 24.3 Å². The molecule has 1 aliphatic heterocycles. The highest BCUT2D eigenvalue weighted by molar-refractivity contribution is 5.83. The second kappa shape index (κ2) is 6.37. The number of carbonyl (C=O) groups excluding carboxylic acids is 1. The molecule has 0 bridgehead atoms. The van der Waals surface area contributed by atoms with E-state index in [1.165, 1.54) is 4.90 Å². The lowest BCUT2D eigenvalue weighted by Crippen LogP contribution is -2.49. The fraction of sp³-hybridized carbons (Fsp3) is 0.462. The van der Waals surface area contributed by atoms with Crippen molar-refractivity contribution in [3.63, 3.8) is 0 Å². The molecule has 1 saturated heterocycles. The third kappa shape index (κ3) is 3.30. The first kappa shape index (κ1) is 15.7. The summed E-state index contributed by atoms with van der Waals surface area (Å²) in [6, 6.07) is 1.16. The number of likely N-dealkylation sites (tertiary alicyclic amines) is 1. The van der Waals surface area contributed by atoms with Crippen molar-refractivity contribution in [3.05, 3.63) is 38.8 Å². The van der Waals surface area contributed by atoms with Gasteiger partial charge in [-0.05, 0) is 19.3 Å². The van der Waals surface area contributed by atoms with Crippen LogP contribution in [0, 0.1) is 10.1 Å². The van der Waals surface area contributed by atoms with E-state index in [-0.39, 0.29) is 5.69 Å². The second-order valence-corrected chi connectivity index (χ2v) is 5.05. The molecule has 9 nitrogen and oxygen atoms in total. The zero-order chi connectivity index (χ0) is 16.3. The van der Waals surface area contributed by atoms with E-state index in [1.54, 1.807) is 0 Å². The number of carboxylic acid groups (broad SMARTS) is 1. The summed E-state index contributed by atoms with van der Waals surface area (Å²) in [6.45, 7) is -0.107. The topological polar surface area (TPSA) is 123 Å². The highest BCUT2D eigenvalue weighted by atomic mass is 16.6. The molecule has 2 heterocycles. The zero-order valence-corrected chi connectivity index (χ0v) is 11.7. The molecule has 0 aliphatic carbocycles. The van der Waals surface area contributed by atoms with Crippen LogP contribution in [0.2, 0.25) is 0 Å². The van der Waals surface area contributed by atoms with Crippen LogP contribution in [-0.2, 0) is 16.1 Å². The number of hydrogen-bond donors (Lipinski definition) is 1. The number of rotatable bonds is 4. The van der Waals surface area contributed by atoms with Crippen molar-refractivity contribution in [2.45, 2.75) is 31.8 Å². The number of pyridine rings is 1. The smallest absolute Gasteiger partial charge is 0.326 e. The number of hydrogen-bond acceptors (Lipinski definition) is 5. The van der Waals surface area contributed by atoms with Crippen LogP contribution in [0.1, 0.15) is 19.3 Å². The third-order valence-corrected chi connectivity index (χ3v) is 3.59. The minimum atomic E-state index is -1.08. The molecule has 1 aromatic heterocycles. The van der Waals surface area contributed by atoms with Crippen LogP contribution in [-0.4, -0.2) is 44.0 Å². The molecule has 2 rings (SSSR count). The van der Waals surface area contributed by atoms with E-state index < -0.39 is 34.9 Å². The van der Waals surface area contributed by atoms with Gasteiger partial charge in [0.05, 0.1) is 11.1 Å². The predicted octanol–water partition coefficient (Wildman–Crippen LogP) is 0.222. The Morgan fingerprint density at radius 2 is 2.09 bits per heavy atom. The predicted molar refractivity (Wildman–Crippen MR) is 74.3 cm³/mol. The standard InChI is InChI=1S/C13H15N3O6/c17-11-5-4-9(16(21)22)7-14(11)8-12(18)15-6-2-1-3-10(15)13(19)20/h4-5,7,10H,1-3,6,8H2,(H,19,20)/t10-/m1/s1. The Hall–Kier alpha value is -2.71. The lowest BCUT2D eigenvalue weighted by atomic mass is 10.0. The Morgan fingerprint density at radius 1 is 1.36 bits per heavy atom. The van der Waals surface area contributed by atoms with Gasteiger partial charge in [-0.15, -0.1) is 0 Å². The molecule has 118 valence electrons. The van der Waals surface area contributed by atoms with Gasteiger partial charge in [-0.2, -0.15) is 0 Å². The van der Waals surface area contributed by atoms with E-state index in [0.29, 0.717) is 19.4 Å². The van der Waals surface area contributed by atoms with Gasteiger partial charge in [0.1, 0.15) is 12.6 Å². The maximum atomic E-state index is 12.2. The SMILES string of the molecule is O=C(O)[C@H]1CCCCN1C(=O)Cn1cc([N+](=O)[O-])ccc1=O. The van der Waals surface area contributed by atoms with E-state index in [2.05, 4.69) is 0 Å². The van der Waals surface area contributed by atoms with Crippen molar-refractivity contribution in [3.8, 4) is 0 Å². The van der Waals surface area contributed by atoms with Gasteiger partial charge >= 0.3 is 5.97 Å². The molecule has 1 fully saturated rings. The van der Waals surface area contributed by atoms with Crippen LogP contribution < -0.4 is 5.56 Å². The summed E-state index contributed by atoms with van der Waals surface area (Å²) in [5, 5.41) is 19.9. The molecule has 22 heavy (non-hydrogen) atoms. The van der Waals surface area contributed by atoms with Crippen LogP contribution in [0.3, 0.4) is 0 Å². The third-order valence-electron chi connectivity index (χ3n) is 3.59. The molecule has 1 aromatic rings. The largest absolute Gasteiger partial charge is 0.480 e. The highest BCUT2D eigenvalue weighted by Crippen LogP contribution is 2.18. The van der Waals surface area contributed by atoms with Crippen LogP contribution in [0.15, 0.2) is 23.1 Å². The highest BCUT2D eigenvalue weighted by Gasteiger charge is 2.32. The first-order chi connectivity index (χ1) is 10.4. The number of aliphatic carboxylic acids is 1. The van der Waals surface area contributed by atoms with Gasteiger partial charge in [0, 0.05) is 18.7 Å². The Balaban J connectivity index is 2.20. The molecular weight excluding hydrogens is 294 g/mol. The zero-order valence-electron chi connectivity index (χ0n) is 11.7. The van der Waals surface area contributed by atoms with Gasteiger partial charge in [0.2, 0.25) is 5.91 Å². The molecule has 0 spiro atoms. The molecule has 0 radical (unpaired) electrons. The van der Waals surface area contributed by atoms with Crippen LogP contribution in [0.4, 0.5) is 5.69 Å². The maximum absolute atomic E-state index is 12.2. The number of piperidine rings is 1. The summed E-state index contributed by atoms with van der Waals surface area (Å²) in [5.41, 5.74) is -0.858. The monoisotopic (exact) mass is 309 g/mol. The van der Waals surface area contributed by atoms with Crippen molar-refractivity contribution in [1.82, 2.24) is 9.47 Å². The lowest BCUT2D eigenvalue weighted by Gasteiger charge is -2.33. The van der Waals surface area contributed by atoms with Gasteiger partial charge in [-0.25, -0.2) is 4.79 Å². The number of nitro groups is 1. The Labute approximate surface area is 124 Å². The van der Waals surface area contributed by atoms with E-state index in [4.69, 9.17) is 5.11 Å². The van der Waals surface area contributed by atoms with Crippen molar-refractivity contribution in [2.24, 2.45) is 0 Å². The minimum Gasteiger partial charge on any atom is -0.480 e. The molecule has 1 aliphatic rings. The number of amides is 1. The summed E-state index contributed by atoms with van der Waals surface area (Å²) in [6.07, 6.45) is 2.77. The van der Waals surface area contributed by atoms with Gasteiger partial charge in [0.25, 0.3) is 11.2 Å². The van der Waals surface area contributed by atoms with E-state index in [9.17, 15) is 24.5 Å². The fourth-order valence-electron chi connectivity index (χ4n) is 2.47. The summed E-state index contributed by atoms with van der Waals surface area (Å²) in [5.74, 6) is -1.62. The van der Waals surface area contributed by atoms with Crippen LogP contribution >= 0.6 is 0 Å². The van der Waals surface area contributed by atoms with Crippen LogP contribution in [0.25, 0.3) is 0 Å². The Bertz CT molecular complexity index is 668. The van der Waals surface area contributed by atoms with Crippen molar-refractivity contribution >= 4 is 17.6 Å². The number of carboxylic acids is 1. The van der Waals surface area contributed by atoms with Gasteiger partial charge in [0.15, 0.2) is 0 Å². The normalized spacial score (nSPS) is 18.0. The summed E-state index contributed by atoms with van der Waals surface area (Å²) < 4.78 is 0.925. The average molecular weight is 309 g/mol. The molecule has 1 atom stereocenters.